The molecule has 2 heterocycles. The van der Waals surface area contributed by atoms with Crippen LogP contribution in [0.3, 0.4) is 0 Å². The Hall–Kier alpha value is -1.30. The van der Waals surface area contributed by atoms with Gasteiger partial charge in [-0.1, -0.05) is 30.7 Å². The van der Waals surface area contributed by atoms with Gasteiger partial charge in [0, 0.05) is 43.8 Å². The van der Waals surface area contributed by atoms with Gasteiger partial charge in [-0.15, -0.1) is 0 Å². The molecule has 5 nitrogen and oxygen atoms in total. The second-order valence-electron chi connectivity index (χ2n) is 8.08. The molecule has 0 saturated carbocycles. The van der Waals surface area contributed by atoms with Gasteiger partial charge in [-0.25, -0.2) is 4.79 Å². The quantitative estimate of drug-likeness (QED) is 0.720. The second kappa shape index (κ2) is 10.5. The number of amides is 2. The Kier molecular flexibility index (Phi) is 8.00. The first-order chi connectivity index (χ1) is 13.6. The molecular formula is C22H34ClN3O2. The highest BCUT2D eigenvalue weighted by Crippen LogP contribution is 2.22. The average Bonchev–Trinajstić information content (AvgIpc) is 2.72. The number of benzene rings is 1. The highest BCUT2D eigenvalue weighted by Gasteiger charge is 2.28. The molecule has 0 spiro atoms. The minimum absolute atomic E-state index is 0.198. The summed E-state index contributed by atoms with van der Waals surface area (Å²) in [6, 6.07) is 8.87. The Morgan fingerprint density at radius 3 is 2.54 bits per heavy atom. The van der Waals surface area contributed by atoms with Gasteiger partial charge < -0.3 is 19.4 Å². The van der Waals surface area contributed by atoms with Crippen molar-refractivity contribution >= 4 is 17.6 Å². The number of rotatable bonds is 6. The van der Waals surface area contributed by atoms with Crippen molar-refractivity contribution in [1.29, 1.82) is 0 Å². The number of likely N-dealkylation sites (tertiary alicyclic amines) is 1. The maximum Gasteiger partial charge on any atom is 0.320 e. The summed E-state index contributed by atoms with van der Waals surface area (Å²) in [6.07, 6.45) is 3.20. The lowest BCUT2D eigenvalue weighted by Gasteiger charge is -2.39. The molecule has 1 aromatic carbocycles. The van der Waals surface area contributed by atoms with Crippen LogP contribution in [0.15, 0.2) is 24.3 Å². The van der Waals surface area contributed by atoms with E-state index in [2.05, 4.69) is 30.9 Å². The fourth-order valence-corrected chi connectivity index (χ4v) is 4.56. The zero-order chi connectivity index (χ0) is 19.9. The minimum atomic E-state index is 0.198. The summed E-state index contributed by atoms with van der Waals surface area (Å²) in [5.74, 6) is 0.663. The normalized spacial score (nSPS) is 19.9. The second-order valence-corrected chi connectivity index (χ2v) is 8.52. The SMILES string of the molecule is CCN(CC1CCN(C(=O)N2CCOCC2)CC1)C(C)Cc1cccc(Cl)c1. The topological polar surface area (TPSA) is 36.0 Å². The van der Waals surface area contributed by atoms with Crippen molar-refractivity contribution in [1.82, 2.24) is 14.7 Å². The van der Waals surface area contributed by atoms with E-state index in [1.807, 2.05) is 21.9 Å². The number of urea groups is 1. The van der Waals surface area contributed by atoms with Crippen LogP contribution in [0.1, 0.15) is 32.3 Å². The summed E-state index contributed by atoms with van der Waals surface area (Å²) in [6.45, 7) is 11.2. The van der Waals surface area contributed by atoms with Gasteiger partial charge in [0.05, 0.1) is 13.2 Å². The van der Waals surface area contributed by atoms with E-state index in [0.717, 1.165) is 63.6 Å². The number of hydrogen-bond acceptors (Lipinski definition) is 3. The standard InChI is InChI=1S/C22H34ClN3O2/c1-3-24(18(2)15-20-5-4-6-21(23)16-20)17-19-7-9-25(10-8-19)22(27)26-11-13-28-14-12-26/h4-6,16,18-19H,3,7-15,17H2,1-2H3. The number of ether oxygens (including phenoxy) is 1. The molecule has 0 aliphatic carbocycles. The molecule has 2 aliphatic heterocycles. The van der Waals surface area contributed by atoms with Gasteiger partial charge in [-0.05, 0) is 56.3 Å². The Labute approximate surface area is 174 Å². The van der Waals surface area contributed by atoms with E-state index in [4.69, 9.17) is 16.3 Å². The lowest BCUT2D eigenvalue weighted by Crippen LogP contribution is -2.51. The lowest BCUT2D eigenvalue weighted by molar-refractivity contribution is 0.0387. The number of carbonyl (C=O) groups excluding carboxylic acids is 1. The number of carbonyl (C=O) groups is 1. The van der Waals surface area contributed by atoms with Crippen molar-refractivity contribution in [3.63, 3.8) is 0 Å². The molecule has 1 unspecified atom stereocenters. The van der Waals surface area contributed by atoms with E-state index in [1.54, 1.807) is 0 Å². The Bertz CT molecular complexity index is 628. The van der Waals surface area contributed by atoms with Crippen molar-refractivity contribution < 1.29 is 9.53 Å². The Morgan fingerprint density at radius 1 is 1.21 bits per heavy atom. The van der Waals surface area contributed by atoms with E-state index in [1.165, 1.54) is 5.56 Å². The van der Waals surface area contributed by atoms with Crippen LogP contribution >= 0.6 is 11.6 Å². The highest BCUT2D eigenvalue weighted by molar-refractivity contribution is 6.30. The van der Waals surface area contributed by atoms with Crippen LogP contribution in [0.4, 0.5) is 4.79 Å². The monoisotopic (exact) mass is 407 g/mol. The van der Waals surface area contributed by atoms with E-state index in [9.17, 15) is 4.79 Å². The molecule has 1 aromatic rings. The summed E-state index contributed by atoms with van der Waals surface area (Å²) < 4.78 is 5.36. The minimum Gasteiger partial charge on any atom is -0.378 e. The lowest BCUT2D eigenvalue weighted by atomic mass is 9.95. The fourth-order valence-electron chi connectivity index (χ4n) is 4.35. The van der Waals surface area contributed by atoms with Crippen LogP contribution < -0.4 is 0 Å². The third-order valence-corrected chi connectivity index (χ3v) is 6.34. The number of likely N-dealkylation sites (N-methyl/N-ethyl adjacent to an activating group) is 1. The number of morpholine rings is 1. The van der Waals surface area contributed by atoms with Gasteiger partial charge in [-0.3, -0.25) is 0 Å². The van der Waals surface area contributed by atoms with Gasteiger partial charge in [0.25, 0.3) is 0 Å². The molecule has 3 rings (SSSR count). The van der Waals surface area contributed by atoms with Gasteiger partial charge in [0.1, 0.15) is 0 Å². The molecule has 156 valence electrons. The predicted molar refractivity (Wildman–Crippen MR) is 114 cm³/mol. The zero-order valence-electron chi connectivity index (χ0n) is 17.3. The number of nitrogens with zero attached hydrogens (tertiary/aromatic N) is 3. The van der Waals surface area contributed by atoms with Gasteiger partial charge >= 0.3 is 6.03 Å². The molecule has 2 saturated heterocycles. The van der Waals surface area contributed by atoms with Crippen molar-refractivity contribution in [3.05, 3.63) is 34.9 Å². The smallest absolute Gasteiger partial charge is 0.320 e. The summed E-state index contributed by atoms with van der Waals surface area (Å²) in [5, 5.41) is 0.810. The first-order valence-electron chi connectivity index (χ1n) is 10.7. The van der Waals surface area contributed by atoms with Crippen LogP contribution in [0, 0.1) is 5.92 Å². The summed E-state index contributed by atoms with van der Waals surface area (Å²) in [4.78, 5) is 19.2. The van der Waals surface area contributed by atoms with Crippen LogP contribution in [-0.2, 0) is 11.2 Å². The molecule has 28 heavy (non-hydrogen) atoms. The molecule has 1 atom stereocenters. The average molecular weight is 408 g/mol. The van der Waals surface area contributed by atoms with Crippen molar-refractivity contribution in [2.45, 2.75) is 39.2 Å². The van der Waals surface area contributed by atoms with E-state index < -0.39 is 0 Å². The molecule has 2 aliphatic rings. The summed E-state index contributed by atoms with van der Waals surface area (Å²) in [5.41, 5.74) is 1.30. The zero-order valence-corrected chi connectivity index (χ0v) is 18.0. The predicted octanol–water partition coefficient (Wildman–Crippen LogP) is 3.76. The number of hydrogen-bond donors (Lipinski definition) is 0. The van der Waals surface area contributed by atoms with Gasteiger partial charge in [-0.2, -0.15) is 0 Å². The van der Waals surface area contributed by atoms with Gasteiger partial charge in [0.15, 0.2) is 0 Å². The third-order valence-electron chi connectivity index (χ3n) is 6.11. The van der Waals surface area contributed by atoms with Crippen molar-refractivity contribution in [2.24, 2.45) is 5.92 Å². The first kappa shape index (κ1) is 21.4. The van der Waals surface area contributed by atoms with Crippen LogP contribution in [0.25, 0.3) is 0 Å². The van der Waals surface area contributed by atoms with Crippen molar-refractivity contribution in [2.75, 3.05) is 52.5 Å². The fraction of sp³-hybridized carbons (Fsp3) is 0.682. The molecule has 2 amide bonds. The molecule has 0 radical (unpaired) electrons. The highest BCUT2D eigenvalue weighted by atomic mass is 35.5. The molecule has 6 heteroatoms. The summed E-state index contributed by atoms with van der Waals surface area (Å²) in [7, 11) is 0. The van der Waals surface area contributed by atoms with Crippen LogP contribution in [0.5, 0.6) is 0 Å². The molecular weight excluding hydrogens is 374 g/mol. The first-order valence-corrected chi connectivity index (χ1v) is 11.0. The van der Waals surface area contributed by atoms with Crippen LogP contribution in [-0.4, -0.2) is 79.3 Å². The third kappa shape index (κ3) is 5.85. The van der Waals surface area contributed by atoms with E-state index in [0.29, 0.717) is 25.2 Å². The number of piperidine rings is 1. The number of halogens is 1. The van der Waals surface area contributed by atoms with Gasteiger partial charge in [0.2, 0.25) is 0 Å². The summed E-state index contributed by atoms with van der Waals surface area (Å²) >= 11 is 6.14. The van der Waals surface area contributed by atoms with E-state index in [-0.39, 0.29) is 6.03 Å². The Balaban J connectivity index is 1.46. The molecule has 2 fully saturated rings. The maximum absolute atomic E-state index is 12.7. The van der Waals surface area contributed by atoms with E-state index >= 15 is 0 Å². The largest absolute Gasteiger partial charge is 0.378 e. The Morgan fingerprint density at radius 2 is 1.89 bits per heavy atom. The molecule has 0 bridgehead atoms. The molecule has 0 N–H and O–H groups in total. The maximum atomic E-state index is 12.7. The van der Waals surface area contributed by atoms with Crippen molar-refractivity contribution in [3.8, 4) is 0 Å². The van der Waals surface area contributed by atoms with Crippen LogP contribution in [0.2, 0.25) is 5.02 Å². The molecule has 0 aromatic heterocycles.